The van der Waals surface area contributed by atoms with Crippen molar-refractivity contribution < 1.29 is 18.0 Å². The monoisotopic (exact) mass is 235 g/mol. The van der Waals surface area contributed by atoms with Crippen molar-refractivity contribution in [1.29, 1.82) is 0 Å². The molecule has 16 heavy (non-hydrogen) atoms. The first-order valence-electron chi connectivity index (χ1n) is 4.79. The van der Waals surface area contributed by atoms with Crippen molar-refractivity contribution in [3.8, 4) is 0 Å². The van der Waals surface area contributed by atoms with Crippen LogP contribution >= 0.6 is 0 Å². The quantitative estimate of drug-likeness (QED) is 0.865. The highest BCUT2D eigenvalue weighted by atomic mass is 19.4. The number of H-pyrrole nitrogens is 1. The number of carbonyl (C=O) groups excluding carboxylic acids is 1. The first-order chi connectivity index (χ1) is 7.44. The van der Waals surface area contributed by atoms with E-state index in [0.29, 0.717) is 6.42 Å². The molecule has 0 saturated carbocycles. The summed E-state index contributed by atoms with van der Waals surface area (Å²) in [5, 5.41) is 5.92. The van der Waals surface area contributed by atoms with Crippen LogP contribution in [0.1, 0.15) is 23.7 Å². The lowest BCUT2D eigenvalue weighted by molar-refractivity contribution is -0.140. The van der Waals surface area contributed by atoms with Gasteiger partial charge in [0, 0.05) is 12.7 Å². The molecule has 1 amide bonds. The molecule has 0 radical (unpaired) electrons. The van der Waals surface area contributed by atoms with Gasteiger partial charge in [0.05, 0.1) is 11.8 Å². The number of nitrogens with zero attached hydrogens (tertiary/aromatic N) is 2. The molecular weight excluding hydrogens is 223 g/mol. The molecule has 0 aliphatic carbocycles. The molecule has 1 heterocycles. The number of carbonyl (C=O) groups is 1. The van der Waals surface area contributed by atoms with E-state index < -0.39 is 18.6 Å². The minimum Gasteiger partial charge on any atom is -0.329 e. The average molecular weight is 235 g/mol. The summed E-state index contributed by atoms with van der Waals surface area (Å²) in [7, 11) is 0. The molecule has 1 aromatic heterocycles. The number of hydrogen-bond acceptors (Lipinski definition) is 2. The smallest absolute Gasteiger partial charge is 0.329 e. The molecule has 0 atom stereocenters. The number of halogens is 3. The Hall–Kier alpha value is -1.53. The molecule has 4 nitrogen and oxygen atoms in total. The molecule has 0 spiro atoms. The second-order valence-corrected chi connectivity index (χ2v) is 3.33. The van der Waals surface area contributed by atoms with E-state index in [0.717, 1.165) is 4.90 Å². The zero-order valence-corrected chi connectivity index (χ0v) is 8.71. The summed E-state index contributed by atoms with van der Waals surface area (Å²) in [4.78, 5) is 12.4. The summed E-state index contributed by atoms with van der Waals surface area (Å²) < 4.78 is 36.6. The summed E-state index contributed by atoms with van der Waals surface area (Å²) in [6.45, 7) is 0.556. The first-order valence-corrected chi connectivity index (χ1v) is 4.79. The van der Waals surface area contributed by atoms with Gasteiger partial charge in [-0.3, -0.25) is 9.89 Å². The number of hydrogen-bond donors (Lipinski definition) is 1. The van der Waals surface area contributed by atoms with Gasteiger partial charge in [-0.25, -0.2) is 0 Å². The second-order valence-electron chi connectivity index (χ2n) is 3.33. The van der Waals surface area contributed by atoms with Crippen molar-refractivity contribution in [3.05, 3.63) is 18.0 Å². The van der Waals surface area contributed by atoms with E-state index >= 15 is 0 Å². The lowest BCUT2D eigenvalue weighted by Gasteiger charge is -2.22. The maximum absolute atomic E-state index is 12.2. The number of aromatic amines is 1. The Labute approximate surface area is 90.4 Å². The average Bonchev–Trinajstić information content (AvgIpc) is 2.66. The zero-order valence-electron chi connectivity index (χ0n) is 8.71. The highest BCUT2D eigenvalue weighted by Gasteiger charge is 2.33. The lowest BCUT2D eigenvalue weighted by Crippen LogP contribution is -2.39. The Morgan fingerprint density at radius 3 is 2.69 bits per heavy atom. The van der Waals surface area contributed by atoms with Crippen LogP contribution in [-0.2, 0) is 0 Å². The van der Waals surface area contributed by atoms with Crippen molar-refractivity contribution in [3.63, 3.8) is 0 Å². The van der Waals surface area contributed by atoms with Gasteiger partial charge in [-0.2, -0.15) is 18.3 Å². The number of nitrogens with one attached hydrogen (secondary N) is 1. The third kappa shape index (κ3) is 3.56. The molecule has 0 fully saturated rings. The largest absolute Gasteiger partial charge is 0.406 e. The fraction of sp³-hybridized carbons (Fsp3) is 0.556. The highest BCUT2D eigenvalue weighted by molar-refractivity contribution is 5.93. The molecule has 0 saturated heterocycles. The van der Waals surface area contributed by atoms with Crippen molar-refractivity contribution in [2.45, 2.75) is 19.5 Å². The van der Waals surface area contributed by atoms with E-state index in [9.17, 15) is 18.0 Å². The van der Waals surface area contributed by atoms with Gasteiger partial charge >= 0.3 is 6.18 Å². The normalized spacial score (nSPS) is 11.5. The van der Waals surface area contributed by atoms with Gasteiger partial charge < -0.3 is 4.90 Å². The van der Waals surface area contributed by atoms with Crippen LogP contribution in [0.3, 0.4) is 0 Å². The SMILES string of the molecule is CCCN(CC(F)(F)F)C(=O)c1cn[nH]c1. The molecule has 90 valence electrons. The van der Waals surface area contributed by atoms with Crippen LogP contribution in [-0.4, -0.2) is 40.3 Å². The van der Waals surface area contributed by atoms with Crippen LogP contribution in [0.25, 0.3) is 0 Å². The molecule has 0 unspecified atom stereocenters. The van der Waals surface area contributed by atoms with Gasteiger partial charge in [0.15, 0.2) is 0 Å². The number of amides is 1. The van der Waals surface area contributed by atoms with Gasteiger partial charge in [0.25, 0.3) is 5.91 Å². The molecule has 0 aliphatic rings. The second kappa shape index (κ2) is 5.00. The Bertz CT molecular complexity index is 334. The van der Waals surface area contributed by atoms with Crippen molar-refractivity contribution in [2.75, 3.05) is 13.1 Å². The third-order valence-electron chi connectivity index (χ3n) is 1.90. The number of aromatic nitrogens is 2. The summed E-state index contributed by atoms with van der Waals surface area (Å²) in [5.74, 6) is -0.659. The molecule has 0 aromatic carbocycles. The molecule has 1 N–H and O–H groups in total. The maximum atomic E-state index is 12.2. The number of alkyl halides is 3. The van der Waals surface area contributed by atoms with Crippen LogP contribution in [0, 0.1) is 0 Å². The van der Waals surface area contributed by atoms with Crippen LogP contribution < -0.4 is 0 Å². The van der Waals surface area contributed by atoms with E-state index in [4.69, 9.17) is 0 Å². The predicted molar refractivity (Wildman–Crippen MR) is 50.8 cm³/mol. The predicted octanol–water partition coefficient (Wildman–Crippen LogP) is 1.82. The highest BCUT2D eigenvalue weighted by Crippen LogP contribution is 2.18. The van der Waals surface area contributed by atoms with E-state index in [1.807, 2.05) is 0 Å². The maximum Gasteiger partial charge on any atom is 0.406 e. The van der Waals surface area contributed by atoms with Gasteiger partial charge in [0.1, 0.15) is 6.54 Å². The lowest BCUT2D eigenvalue weighted by atomic mass is 10.3. The standard InChI is InChI=1S/C9H12F3N3O/c1-2-3-15(6-9(10,11)12)8(16)7-4-13-14-5-7/h4-5H,2-3,6H2,1H3,(H,13,14). The summed E-state index contributed by atoms with van der Waals surface area (Å²) in [6.07, 6.45) is -1.42. The zero-order chi connectivity index (χ0) is 12.2. The Morgan fingerprint density at radius 1 is 1.56 bits per heavy atom. The van der Waals surface area contributed by atoms with E-state index in [-0.39, 0.29) is 12.1 Å². The summed E-state index contributed by atoms with van der Waals surface area (Å²) >= 11 is 0. The van der Waals surface area contributed by atoms with E-state index in [1.165, 1.54) is 12.4 Å². The topological polar surface area (TPSA) is 49.0 Å². The summed E-state index contributed by atoms with van der Waals surface area (Å²) in [6, 6.07) is 0. The molecule has 1 rings (SSSR count). The van der Waals surface area contributed by atoms with Crippen LogP contribution in [0.2, 0.25) is 0 Å². The minimum absolute atomic E-state index is 0.0729. The molecule has 1 aromatic rings. The van der Waals surface area contributed by atoms with Gasteiger partial charge in [-0.1, -0.05) is 6.92 Å². The third-order valence-corrected chi connectivity index (χ3v) is 1.90. The van der Waals surface area contributed by atoms with Crippen LogP contribution in [0.15, 0.2) is 12.4 Å². The Kier molecular flexibility index (Phi) is 3.92. The Morgan fingerprint density at radius 2 is 2.25 bits per heavy atom. The fourth-order valence-electron chi connectivity index (χ4n) is 1.29. The van der Waals surface area contributed by atoms with Crippen molar-refractivity contribution in [1.82, 2.24) is 15.1 Å². The molecule has 0 aliphatic heterocycles. The van der Waals surface area contributed by atoms with Crippen molar-refractivity contribution in [2.24, 2.45) is 0 Å². The van der Waals surface area contributed by atoms with Crippen molar-refractivity contribution >= 4 is 5.91 Å². The molecule has 0 bridgehead atoms. The van der Waals surface area contributed by atoms with Gasteiger partial charge in [-0.05, 0) is 6.42 Å². The molecular formula is C9H12F3N3O. The van der Waals surface area contributed by atoms with Crippen LogP contribution in [0.4, 0.5) is 13.2 Å². The van der Waals surface area contributed by atoms with Crippen LogP contribution in [0.5, 0.6) is 0 Å². The van der Waals surface area contributed by atoms with E-state index in [2.05, 4.69) is 10.2 Å². The van der Waals surface area contributed by atoms with E-state index in [1.54, 1.807) is 6.92 Å². The van der Waals surface area contributed by atoms with Gasteiger partial charge in [0.2, 0.25) is 0 Å². The first kappa shape index (κ1) is 12.5. The summed E-state index contributed by atoms with van der Waals surface area (Å²) in [5.41, 5.74) is 0.137. The fourth-order valence-corrected chi connectivity index (χ4v) is 1.29. The van der Waals surface area contributed by atoms with Gasteiger partial charge in [-0.15, -0.1) is 0 Å². The minimum atomic E-state index is -4.38. The number of rotatable bonds is 4. The molecule has 7 heteroatoms. The Balaban J connectivity index is 2.74.